The Morgan fingerprint density at radius 1 is 1.47 bits per heavy atom. The van der Waals surface area contributed by atoms with Crippen LogP contribution in [0.5, 0.6) is 0 Å². The van der Waals surface area contributed by atoms with Gasteiger partial charge in [0.15, 0.2) is 5.82 Å². The lowest BCUT2D eigenvalue weighted by Crippen LogP contribution is -2.05. The molecule has 17 heavy (non-hydrogen) atoms. The van der Waals surface area contributed by atoms with Gasteiger partial charge in [-0.1, -0.05) is 17.3 Å². The molecule has 0 fully saturated rings. The molecule has 0 aliphatic carbocycles. The maximum Gasteiger partial charge on any atom is 0.243 e. The van der Waals surface area contributed by atoms with E-state index in [4.69, 9.17) is 10.3 Å². The average Bonchev–Trinajstić information content (AvgIpc) is 2.77. The highest BCUT2D eigenvalue weighted by Crippen LogP contribution is 2.24. The van der Waals surface area contributed by atoms with Crippen molar-refractivity contribution >= 4 is 11.8 Å². The Hall–Kier alpha value is -1.40. The van der Waals surface area contributed by atoms with Crippen LogP contribution in [0.1, 0.15) is 24.7 Å². The summed E-state index contributed by atoms with van der Waals surface area (Å²) in [6.07, 6.45) is 0. The second kappa shape index (κ2) is 5.29. The smallest absolute Gasteiger partial charge is 0.243 e. The number of aromatic nitrogens is 2. The number of thioether (sulfide) groups is 1. The van der Waals surface area contributed by atoms with E-state index in [-0.39, 0.29) is 11.9 Å². The highest BCUT2D eigenvalue weighted by molar-refractivity contribution is 7.98. The fraction of sp³-hybridized carbons (Fsp3) is 0.273. The summed E-state index contributed by atoms with van der Waals surface area (Å²) in [4.78, 5) is 4.68. The first-order chi connectivity index (χ1) is 8.16. The lowest BCUT2D eigenvalue weighted by molar-refractivity contribution is 0.358. The number of nitrogens with two attached hydrogens (primary N) is 1. The molecule has 0 aliphatic rings. The minimum atomic E-state index is -0.283. The Bertz CT molecular complexity index is 501. The predicted octanol–water partition coefficient (Wildman–Crippen LogP) is 2.52. The monoisotopic (exact) mass is 253 g/mol. The molecular formula is C11H12FN3OS. The molecule has 0 bridgehead atoms. The second-order valence-corrected chi connectivity index (χ2v) is 4.57. The van der Waals surface area contributed by atoms with E-state index in [9.17, 15) is 4.39 Å². The number of hydrogen-bond acceptors (Lipinski definition) is 5. The van der Waals surface area contributed by atoms with Gasteiger partial charge >= 0.3 is 0 Å². The van der Waals surface area contributed by atoms with Gasteiger partial charge in [0.1, 0.15) is 5.82 Å². The van der Waals surface area contributed by atoms with Crippen molar-refractivity contribution in [2.45, 2.75) is 23.6 Å². The molecule has 0 radical (unpaired) electrons. The van der Waals surface area contributed by atoms with Gasteiger partial charge in [0.2, 0.25) is 5.89 Å². The number of rotatable bonds is 4. The van der Waals surface area contributed by atoms with Crippen LogP contribution in [0.4, 0.5) is 4.39 Å². The summed E-state index contributed by atoms with van der Waals surface area (Å²) in [5.41, 5.74) is 5.60. The molecule has 0 spiro atoms. The molecule has 1 unspecified atom stereocenters. The minimum Gasteiger partial charge on any atom is -0.338 e. The van der Waals surface area contributed by atoms with E-state index in [0.29, 0.717) is 22.4 Å². The molecule has 1 atom stereocenters. The molecule has 0 saturated carbocycles. The summed E-state index contributed by atoms with van der Waals surface area (Å²) < 4.78 is 18.3. The maximum atomic E-state index is 13.3. The molecule has 2 aromatic rings. The van der Waals surface area contributed by atoms with Crippen molar-refractivity contribution in [2.24, 2.45) is 5.73 Å². The molecular weight excluding hydrogens is 241 g/mol. The molecule has 2 N–H and O–H groups in total. The van der Waals surface area contributed by atoms with Crippen LogP contribution in [0.15, 0.2) is 33.7 Å². The van der Waals surface area contributed by atoms with Crippen molar-refractivity contribution in [1.29, 1.82) is 0 Å². The fourth-order valence-electron chi connectivity index (χ4n) is 1.22. The highest BCUT2D eigenvalue weighted by Gasteiger charge is 2.11. The highest BCUT2D eigenvalue weighted by atomic mass is 32.2. The standard InChI is InChI=1S/C11H12FN3OS/c1-7(13)11-14-10(15-16-11)6-17-9-5-3-2-4-8(9)12/h2-5,7H,6,13H2,1H3. The topological polar surface area (TPSA) is 64.9 Å². The van der Waals surface area contributed by atoms with Gasteiger partial charge in [-0.3, -0.25) is 0 Å². The summed E-state index contributed by atoms with van der Waals surface area (Å²) in [5, 5.41) is 3.77. The Balaban J connectivity index is 2.00. The van der Waals surface area contributed by atoms with E-state index in [1.54, 1.807) is 25.1 Å². The van der Waals surface area contributed by atoms with E-state index in [1.807, 2.05) is 0 Å². The zero-order valence-electron chi connectivity index (χ0n) is 9.26. The SMILES string of the molecule is CC(N)c1nc(CSc2ccccc2F)no1. The Kier molecular flexibility index (Phi) is 3.75. The summed E-state index contributed by atoms with van der Waals surface area (Å²) in [7, 11) is 0. The molecule has 0 aliphatic heterocycles. The fourth-order valence-corrected chi connectivity index (χ4v) is 2.00. The summed E-state index contributed by atoms with van der Waals surface area (Å²) >= 11 is 1.32. The number of halogens is 1. The zero-order chi connectivity index (χ0) is 12.3. The number of hydrogen-bond donors (Lipinski definition) is 1. The molecule has 0 saturated heterocycles. The van der Waals surface area contributed by atoms with Crippen LogP contribution in [0, 0.1) is 5.82 Å². The van der Waals surface area contributed by atoms with Gasteiger partial charge in [-0.05, 0) is 19.1 Å². The van der Waals surface area contributed by atoms with Crippen molar-refractivity contribution in [2.75, 3.05) is 0 Å². The van der Waals surface area contributed by atoms with E-state index < -0.39 is 0 Å². The third kappa shape index (κ3) is 3.04. The quantitative estimate of drug-likeness (QED) is 0.848. The third-order valence-electron chi connectivity index (χ3n) is 2.07. The van der Waals surface area contributed by atoms with Gasteiger partial charge in [0.25, 0.3) is 0 Å². The minimum absolute atomic E-state index is 0.242. The molecule has 1 aromatic carbocycles. The van der Waals surface area contributed by atoms with Crippen molar-refractivity contribution in [1.82, 2.24) is 10.1 Å². The molecule has 6 heteroatoms. The number of nitrogens with zero attached hydrogens (tertiary/aromatic N) is 2. The van der Waals surface area contributed by atoms with E-state index in [0.717, 1.165) is 0 Å². The van der Waals surface area contributed by atoms with Gasteiger partial charge in [-0.15, -0.1) is 11.8 Å². The first-order valence-corrected chi connectivity index (χ1v) is 6.11. The van der Waals surface area contributed by atoms with Gasteiger partial charge < -0.3 is 10.3 Å². The molecule has 0 amide bonds. The van der Waals surface area contributed by atoms with Crippen molar-refractivity contribution in [3.05, 3.63) is 41.8 Å². The zero-order valence-corrected chi connectivity index (χ0v) is 10.1. The van der Waals surface area contributed by atoms with Gasteiger partial charge in [0.05, 0.1) is 11.8 Å². The molecule has 2 rings (SSSR count). The van der Waals surface area contributed by atoms with E-state index in [2.05, 4.69) is 10.1 Å². The average molecular weight is 253 g/mol. The molecule has 4 nitrogen and oxygen atoms in total. The van der Waals surface area contributed by atoms with E-state index >= 15 is 0 Å². The normalized spacial score (nSPS) is 12.6. The first-order valence-electron chi connectivity index (χ1n) is 5.12. The van der Waals surface area contributed by atoms with Crippen molar-refractivity contribution in [3.8, 4) is 0 Å². The van der Waals surface area contributed by atoms with Crippen LogP contribution in [-0.4, -0.2) is 10.1 Å². The Morgan fingerprint density at radius 2 is 2.24 bits per heavy atom. The predicted molar refractivity (Wildman–Crippen MR) is 62.9 cm³/mol. The lowest BCUT2D eigenvalue weighted by atomic mass is 10.3. The number of benzene rings is 1. The summed E-state index contributed by atoms with van der Waals surface area (Å²) in [5.74, 6) is 1.13. The molecule has 1 heterocycles. The largest absolute Gasteiger partial charge is 0.338 e. The molecule has 90 valence electrons. The van der Waals surface area contributed by atoms with E-state index in [1.165, 1.54) is 17.8 Å². The Morgan fingerprint density at radius 3 is 2.88 bits per heavy atom. The van der Waals surface area contributed by atoms with Gasteiger partial charge in [0, 0.05) is 4.90 Å². The van der Waals surface area contributed by atoms with Crippen LogP contribution >= 0.6 is 11.8 Å². The summed E-state index contributed by atoms with van der Waals surface area (Å²) in [6.45, 7) is 1.77. The third-order valence-corrected chi connectivity index (χ3v) is 3.11. The van der Waals surface area contributed by atoms with Gasteiger partial charge in [-0.2, -0.15) is 4.98 Å². The van der Waals surface area contributed by atoms with Crippen LogP contribution in [0.25, 0.3) is 0 Å². The maximum absolute atomic E-state index is 13.3. The molecule has 1 aromatic heterocycles. The van der Waals surface area contributed by atoms with Crippen LogP contribution in [0.3, 0.4) is 0 Å². The van der Waals surface area contributed by atoms with Crippen LogP contribution < -0.4 is 5.73 Å². The lowest BCUT2D eigenvalue weighted by Gasteiger charge is -1.99. The van der Waals surface area contributed by atoms with Crippen LogP contribution in [0.2, 0.25) is 0 Å². The summed E-state index contributed by atoms with van der Waals surface area (Å²) in [6, 6.07) is 6.30. The Labute approximate surface area is 102 Å². The second-order valence-electron chi connectivity index (χ2n) is 3.56. The van der Waals surface area contributed by atoms with Crippen molar-refractivity contribution < 1.29 is 8.91 Å². The van der Waals surface area contributed by atoms with Crippen molar-refractivity contribution in [3.63, 3.8) is 0 Å². The van der Waals surface area contributed by atoms with Gasteiger partial charge in [-0.25, -0.2) is 4.39 Å². The van der Waals surface area contributed by atoms with Crippen LogP contribution in [-0.2, 0) is 5.75 Å². The first kappa shape index (κ1) is 12.1.